The molecule has 1 fully saturated rings. The Labute approximate surface area is 115 Å². The molecule has 20 heavy (non-hydrogen) atoms. The number of amides is 2. The Morgan fingerprint density at radius 3 is 2.85 bits per heavy atom. The topological polar surface area (TPSA) is 88.3 Å². The summed E-state index contributed by atoms with van der Waals surface area (Å²) in [4.78, 5) is 28.7. The van der Waals surface area contributed by atoms with Crippen LogP contribution in [0.5, 0.6) is 0 Å². The summed E-state index contributed by atoms with van der Waals surface area (Å²) in [6.07, 6.45) is 1.85. The van der Waals surface area contributed by atoms with Crippen LogP contribution in [-0.2, 0) is 9.59 Å². The van der Waals surface area contributed by atoms with E-state index in [2.05, 4.69) is 10.3 Å². The van der Waals surface area contributed by atoms with Crippen molar-refractivity contribution in [1.82, 2.24) is 9.88 Å². The molecule has 0 spiro atoms. The normalized spacial score (nSPS) is 18.9. The Bertz CT molecular complexity index is 713. The van der Waals surface area contributed by atoms with Gasteiger partial charge in [0.25, 0.3) is 5.91 Å². The highest BCUT2D eigenvalue weighted by molar-refractivity contribution is 6.07. The van der Waals surface area contributed by atoms with Crippen molar-refractivity contribution < 1.29 is 9.59 Å². The zero-order chi connectivity index (χ0) is 14.3. The number of pyridine rings is 1. The molecule has 1 saturated heterocycles. The molecule has 1 aliphatic heterocycles. The Hall–Kier alpha value is -2.63. The van der Waals surface area contributed by atoms with E-state index in [1.807, 2.05) is 12.1 Å². The van der Waals surface area contributed by atoms with Gasteiger partial charge in [0.2, 0.25) is 5.91 Å². The number of benzene rings is 1. The fourth-order valence-corrected chi connectivity index (χ4v) is 2.36. The van der Waals surface area contributed by atoms with Gasteiger partial charge in [-0.15, -0.1) is 0 Å². The number of likely N-dealkylation sites (N-methyl/N-ethyl adjacent to an activating group) is 1. The predicted octanol–water partition coefficient (Wildman–Crippen LogP) is 0.986. The Morgan fingerprint density at radius 1 is 1.35 bits per heavy atom. The summed E-state index contributed by atoms with van der Waals surface area (Å²) in [6, 6.07) is 6.74. The minimum Gasteiger partial charge on any atom is -0.397 e. The van der Waals surface area contributed by atoms with Crippen molar-refractivity contribution in [2.45, 2.75) is 12.5 Å². The molecule has 0 saturated carbocycles. The molecule has 0 aliphatic carbocycles. The maximum absolute atomic E-state index is 11.9. The van der Waals surface area contributed by atoms with E-state index in [9.17, 15) is 9.59 Å². The van der Waals surface area contributed by atoms with E-state index in [1.54, 1.807) is 18.3 Å². The van der Waals surface area contributed by atoms with Crippen molar-refractivity contribution in [2.75, 3.05) is 18.1 Å². The number of aromatic nitrogens is 1. The molecule has 1 aromatic carbocycles. The number of nitrogens with zero attached hydrogens (tertiary/aromatic N) is 2. The predicted molar refractivity (Wildman–Crippen MR) is 76.0 cm³/mol. The number of anilines is 2. The van der Waals surface area contributed by atoms with Crippen molar-refractivity contribution in [1.29, 1.82) is 0 Å². The lowest BCUT2D eigenvalue weighted by atomic mass is 10.1. The van der Waals surface area contributed by atoms with Crippen molar-refractivity contribution in [3.63, 3.8) is 0 Å². The lowest BCUT2D eigenvalue weighted by molar-refractivity contribution is -0.136. The fraction of sp³-hybridized carbons (Fsp3) is 0.214. The number of nitrogens with one attached hydrogen (secondary N) is 1. The van der Waals surface area contributed by atoms with E-state index in [-0.39, 0.29) is 18.2 Å². The molecule has 6 nitrogen and oxygen atoms in total. The Kier molecular flexibility index (Phi) is 2.78. The first-order valence-corrected chi connectivity index (χ1v) is 6.28. The second-order valence-corrected chi connectivity index (χ2v) is 4.79. The monoisotopic (exact) mass is 270 g/mol. The lowest BCUT2D eigenvalue weighted by Gasteiger charge is -2.15. The first kappa shape index (κ1) is 12.4. The molecule has 1 unspecified atom stereocenters. The number of hydrogen-bond donors (Lipinski definition) is 2. The molecule has 2 heterocycles. The van der Waals surface area contributed by atoms with E-state index >= 15 is 0 Å². The fourth-order valence-electron chi connectivity index (χ4n) is 2.36. The van der Waals surface area contributed by atoms with E-state index in [4.69, 9.17) is 5.73 Å². The molecular weight excluding hydrogens is 256 g/mol. The Balaban J connectivity index is 1.94. The number of nitrogen functional groups attached to an aromatic ring is 1. The minimum atomic E-state index is -0.552. The van der Waals surface area contributed by atoms with E-state index in [1.165, 1.54) is 7.05 Å². The van der Waals surface area contributed by atoms with Crippen LogP contribution in [-0.4, -0.2) is 34.8 Å². The van der Waals surface area contributed by atoms with Crippen LogP contribution in [0.2, 0.25) is 0 Å². The number of carbonyl (C=O) groups is 2. The molecule has 1 atom stereocenters. The SMILES string of the molecule is CN1C(=O)CC(Nc2ccc3ncccc3c2N)C1=O. The van der Waals surface area contributed by atoms with Crippen LogP contribution in [0.3, 0.4) is 0 Å². The van der Waals surface area contributed by atoms with Gasteiger partial charge in [-0.25, -0.2) is 0 Å². The molecule has 2 aromatic rings. The van der Waals surface area contributed by atoms with Gasteiger partial charge in [-0.1, -0.05) is 0 Å². The number of nitrogens with two attached hydrogens (primary N) is 1. The van der Waals surface area contributed by atoms with Crippen LogP contribution < -0.4 is 11.1 Å². The quantitative estimate of drug-likeness (QED) is 0.627. The summed E-state index contributed by atoms with van der Waals surface area (Å²) in [6.45, 7) is 0. The zero-order valence-corrected chi connectivity index (χ0v) is 11.0. The van der Waals surface area contributed by atoms with Crippen molar-refractivity contribution in [3.8, 4) is 0 Å². The third-order valence-electron chi connectivity index (χ3n) is 3.54. The Morgan fingerprint density at radius 2 is 2.15 bits per heavy atom. The van der Waals surface area contributed by atoms with Crippen LogP contribution in [0.25, 0.3) is 10.9 Å². The highest BCUT2D eigenvalue weighted by Crippen LogP contribution is 2.29. The smallest absolute Gasteiger partial charge is 0.251 e. The first-order chi connectivity index (χ1) is 9.58. The average Bonchev–Trinajstić information content (AvgIpc) is 2.70. The molecule has 2 amide bonds. The van der Waals surface area contributed by atoms with Crippen LogP contribution in [0, 0.1) is 0 Å². The van der Waals surface area contributed by atoms with E-state index in [0.717, 1.165) is 15.8 Å². The number of hydrogen-bond acceptors (Lipinski definition) is 5. The van der Waals surface area contributed by atoms with Crippen molar-refractivity contribution in [3.05, 3.63) is 30.5 Å². The van der Waals surface area contributed by atoms with Crippen LogP contribution >= 0.6 is 0 Å². The molecule has 3 rings (SSSR count). The lowest BCUT2D eigenvalue weighted by Crippen LogP contribution is -2.32. The number of rotatable bonds is 2. The number of carbonyl (C=O) groups excluding carboxylic acids is 2. The van der Waals surface area contributed by atoms with Crippen LogP contribution in [0.1, 0.15) is 6.42 Å². The van der Waals surface area contributed by atoms with Gasteiger partial charge in [-0.3, -0.25) is 19.5 Å². The van der Waals surface area contributed by atoms with Crippen LogP contribution in [0.15, 0.2) is 30.5 Å². The highest BCUT2D eigenvalue weighted by atomic mass is 16.2. The number of likely N-dealkylation sites (tertiary alicyclic amines) is 1. The zero-order valence-electron chi connectivity index (χ0n) is 11.0. The third-order valence-corrected chi connectivity index (χ3v) is 3.54. The van der Waals surface area contributed by atoms with Crippen molar-refractivity contribution >= 4 is 34.1 Å². The standard InChI is InChI=1S/C14H14N4O2/c1-18-12(19)7-11(14(18)20)17-10-5-4-9-8(13(10)15)3-2-6-16-9/h2-6,11,17H,7,15H2,1H3. The van der Waals surface area contributed by atoms with Crippen molar-refractivity contribution in [2.24, 2.45) is 0 Å². The summed E-state index contributed by atoms with van der Waals surface area (Å²) in [7, 11) is 1.49. The molecule has 0 bridgehead atoms. The molecule has 102 valence electrons. The average molecular weight is 270 g/mol. The molecule has 1 aliphatic rings. The van der Waals surface area contributed by atoms with Gasteiger partial charge in [0.15, 0.2) is 0 Å². The summed E-state index contributed by atoms with van der Waals surface area (Å²) in [5, 5.41) is 3.87. The molecular formula is C14H14N4O2. The van der Waals surface area contributed by atoms with Crippen LogP contribution in [0.4, 0.5) is 11.4 Å². The number of imide groups is 1. The third kappa shape index (κ3) is 1.85. The summed E-state index contributed by atoms with van der Waals surface area (Å²) in [5.41, 5.74) is 8.07. The van der Waals surface area contributed by atoms with E-state index < -0.39 is 6.04 Å². The number of fused-ring (bicyclic) bond motifs is 1. The minimum absolute atomic E-state index is 0.153. The van der Waals surface area contributed by atoms with Gasteiger partial charge >= 0.3 is 0 Å². The summed E-state index contributed by atoms with van der Waals surface area (Å²) < 4.78 is 0. The van der Waals surface area contributed by atoms with Gasteiger partial charge < -0.3 is 11.1 Å². The van der Waals surface area contributed by atoms with E-state index in [0.29, 0.717) is 11.4 Å². The maximum Gasteiger partial charge on any atom is 0.251 e. The molecule has 0 radical (unpaired) electrons. The maximum atomic E-state index is 11.9. The first-order valence-electron chi connectivity index (χ1n) is 6.28. The molecule has 1 aromatic heterocycles. The largest absolute Gasteiger partial charge is 0.397 e. The van der Waals surface area contributed by atoms with Gasteiger partial charge in [-0.05, 0) is 24.3 Å². The van der Waals surface area contributed by atoms with Gasteiger partial charge in [0.1, 0.15) is 6.04 Å². The summed E-state index contributed by atoms with van der Waals surface area (Å²) >= 11 is 0. The van der Waals surface area contributed by atoms with Gasteiger partial charge in [0.05, 0.1) is 23.3 Å². The molecule has 3 N–H and O–H groups in total. The molecule has 6 heteroatoms. The second kappa shape index (κ2) is 4.48. The van der Waals surface area contributed by atoms with Gasteiger partial charge in [-0.2, -0.15) is 0 Å². The highest BCUT2D eigenvalue weighted by Gasteiger charge is 2.36. The second-order valence-electron chi connectivity index (χ2n) is 4.79. The van der Waals surface area contributed by atoms with Gasteiger partial charge in [0, 0.05) is 18.6 Å². The summed E-state index contributed by atoms with van der Waals surface area (Å²) in [5.74, 6) is -0.422.